The molecule has 1 aliphatic heterocycles. The van der Waals surface area contributed by atoms with Crippen LogP contribution in [0, 0.1) is 11.8 Å². The van der Waals surface area contributed by atoms with Crippen molar-refractivity contribution in [2.45, 2.75) is 47.0 Å². The van der Waals surface area contributed by atoms with Gasteiger partial charge in [0.05, 0.1) is 5.92 Å². The Morgan fingerprint density at radius 2 is 2.12 bits per heavy atom. The summed E-state index contributed by atoms with van der Waals surface area (Å²) < 4.78 is 0. The van der Waals surface area contributed by atoms with Gasteiger partial charge in [-0.3, -0.25) is 14.5 Å². The summed E-state index contributed by atoms with van der Waals surface area (Å²) >= 11 is 0. The highest BCUT2D eigenvalue weighted by Gasteiger charge is 2.37. The first-order chi connectivity index (χ1) is 7.99. The van der Waals surface area contributed by atoms with E-state index < -0.39 is 0 Å². The van der Waals surface area contributed by atoms with E-state index in [0.717, 1.165) is 12.8 Å². The fourth-order valence-electron chi connectivity index (χ4n) is 2.30. The van der Waals surface area contributed by atoms with E-state index in [1.807, 2.05) is 6.92 Å². The van der Waals surface area contributed by atoms with E-state index in [1.165, 1.54) is 10.5 Å². The van der Waals surface area contributed by atoms with E-state index in [4.69, 9.17) is 0 Å². The van der Waals surface area contributed by atoms with Crippen LogP contribution in [-0.4, -0.2) is 23.3 Å². The van der Waals surface area contributed by atoms with Gasteiger partial charge in [0.1, 0.15) is 0 Å². The average molecular weight is 237 g/mol. The summed E-state index contributed by atoms with van der Waals surface area (Å²) in [5.74, 6) is 0.417. The molecule has 3 heteroatoms. The summed E-state index contributed by atoms with van der Waals surface area (Å²) in [5.41, 5.74) is 1.23. The lowest BCUT2D eigenvalue weighted by Gasteiger charge is -2.12. The van der Waals surface area contributed by atoms with Crippen LogP contribution < -0.4 is 0 Å². The predicted octanol–water partition coefficient (Wildman–Crippen LogP) is 2.76. The third-order valence-electron chi connectivity index (χ3n) is 3.43. The molecule has 0 aromatic heterocycles. The van der Waals surface area contributed by atoms with E-state index in [0.29, 0.717) is 18.9 Å². The molecule has 0 aliphatic carbocycles. The van der Waals surface area contributed by atoms with Crippen molar-refractivity contribution in [2.75, 3.05) is 6.54 Å². The molecule has 0 spiro atoms. The van der Waals surface area contributed by atoms with Gasteiger partial charge < -0.3 is 0 Å². The summed E-state index contributed by atoms with van der Waals surface area (Å²) in [6.07, 6.45) is 4.44. The number of amides is 2. The number of carbonyl (C=O) groups is 2. The maximum absolute atomic E-state index is 11.9. The van der Waals surface area contributed by atoms with Gasteiger partial charge in [-0.1, -0.05) is 31.9 Å². The van der Waals surface area contributed by atoms with E-state index in [2.05, 4.69) is 26.8 Å². The zero-order chi connectivity index (χ0) is 13.0. The van der Waals surface area contributed by atoms with Gasteiger partial charge in [0.2, 0.25) is 11.8 Å². The average Bonchev–Trinajstić information content (AvgIpc) is 2.53. The molecule has 1 rings (SSSR count). The standard InChI is InChI=1S/C14H23NO2/c1-5-10(3)7-11(4)8-12-9-13(16)15(6-2)14(12)17/h7,10,12H,5-6,8-9H2,1-4H3/b11-7+. The number of likely N-dealkylation sites (tertiary alicyclic amines) is 1. The molecule has 1 aliphatic rings. The Hall–Kier alpha value is -1.12. The van der Waals surface area contributed by atoms with Gasteiger partial charge in [0.25, 0.3) is 0 Å². The highest BCUT2D eigenvalue weighted by Crippen LogP contribution is 2.26. The zero-order valence-electron chi connectivity index (χ0n) is 11.3. The highest BCUT2D eigenvalue weighted by molar-refractivity contribution is 6.03. The summed E-state index contributed by atoms with van der Waals surface area (Å²) in [4.78, 5) is 24.9. The van der Waals surface area contributed by atoms with Crippen molar-refractivity contribution in [3.63, 3.8) is 0 Å². The molecule has 3 nitrogen and oxygen atoms in total. The first-order valence-corrected chi connectivity index (χ1v) is 6.51. The van der Waals surface area contributed by atoms with Crippen LogP contribution in [0.2, 0.25) is 0 Å². The first-order valence-electron chi connectivity index (χ1n) is 6.51. The lowest BCUT2D eigenvalue weighted by atomic mass is 9.95. The van der Waals surface area contributed by atoms with Crippen molar-refractivity contribution in [2.24, 2.45) is 11.8 Å². The predicted molar refractivity (Wildman–Crippen MR) is 68.3 cm³/mol. The smallest absolute Gasteiger partial charge is 0.233 e. The molecule has 1 saturated heterocycles. The SMILES string of the molecule is CCC(C)/C=C(\C)CC1CC(=O)N(CC)C1=O. The number of carbonyl (C=O) groups excluding carboxylic acids is 2. The van der Waals surface area contributed by atoms with Crippen LogP contribution in [0.15, 0.2) is 11.6 Å². The number of hydrogen-bond donors (Lipinski definition) is 0. The van der Waals surface area contributed by atoms with Crippen LogP contribution in [0.3, 0.4) is 0 Å². The lowest BCUT2D eigenvalue weighted by molar-refractivity contribution is -0.139. The van der Waals surface area contributed by atoms with Crippen LogP contribution in [0.1, 0.15) is 47.0 Å². The fourth-order valence-corrected chi connectivity index (χ4v) is 2.30. The van der Waals surface area contributed by atoms with Gasteiger partial charge in [-0.15, -0.1) is 0 Å². The van der Waals surface area contributed by atoms with Crippen LogP contribution >= 0.6 is 0 Å². The van der Waals surface area contributed by atoms with Crippen molar-refractivity contribution in [1.29, 1.82) is 0 Å². The van der Waals surface area contributed by atoms with Crippen molar-refractivity contribution < 1.29 is 9.59 Å². The van der Waals surface area contributed by atoms with E-state index in [-0.39, 0.29) is 17.7 Å². The molecule has 96 valence electrons. The largest absolute Gasteiger partial charge is 0.283 e. The van der Waals surface area contributed by atoms with Crippen molar-refractivity contribution >= 4 is 11.8 Å². The quantitative estimate of drug-likeness (QED) is 0.544. The third kappa shape index (κ3) is 3.42. The van der Waals surface area contributed by atoms with E-state index in [1.54, 1.807) is 0 Å². The normalized spacial score (nSPS) is 23.4. The first kappa shape index (κ1) is 13.9. The Kier molecular flexibility index (Phi) is 4.91. The van der Waals surface area contributed by atoms with E-state index in [9.17, 15) is 9.59 Å². The molecule has 0 radical (unpaired) electrons. The van der Waals surface area contributed by atoms with Gasteiger partial charge in [-0.25, -0.2) is 0 Å². The Bertz CT molecular complexity index is 333. The molecule has 0 aromatic carbocycles. The van der Waals surface area contributed by atoms with Gasteiger partial charge in [-0.2, -0.15) is 0 Å². The minimum atomic E-state index is -0.122. The summed E-state index contributed by atoms with van der Waals surface area (Å²) in [6, 6.07) is 0. The fraction of sp³-hybridized carbons (Fsp3) is 0.714. The molecule has 1 heterocycles. The number of rotatable bonds is 5. The van der Waals surface area contributed by atoms with Crippen LogP contribution in [0.5, 0.6) is 0 Å². The van der Waals surface area contributed by atoms with Crippen LogP contribution in [-0.2, 0) is 9.59 Å². The Morgan fingerprint density at radius 3 is 2.59 bits per heavy atom. The molecule has 0 bridgehead atoms. The number of hydrogen-bond acceptors (Lipinski definition) is 2. The number of allylic oxidation sites excluding steroid dienone is 2. The summed E-state index contributed by atoms with van der Waals surface area (Å²) in [6.45, 7) is 8.72. The summed E-state index contributed by atoms with van der Waals surface area (Å²) in [5, 5.41) is 0. The minimum Gasteiger partial charge on any atom is -0.283 e. The van der Waals surface area contributed by atoms with Gasteiger partial charge in [-0.05, 0) is 26.2 Å². The van der Waals surface area contributed by atoms with Crippen molar-refractivity contribution in [1.82, 2.24) is 4.90 Å². The molecule has 0 N–H and O–H groups in total. The Balaban J connectivity index is 2.62. The minimum absolute atomic E-state index is 0.00871. The molecule has 2 atom stereocenters. The molecule has 0 aromatic rings. The van der Waals surface area contributed by atoms with Gasteiger partial charge >= 0.3 is 0 Å². The van der Waals surface area contributed by atoms with Crippen molar-refractivity contribution in [3.05, 3.63) is 11.6 Å². The van der Waals surface area contributed by atoms with Crippen molar-refractivity contribution in [3.8, 4) is 0 Å². The van der Waals surface area contributed by atoms with Crippen LogP contribution in [0.25, 0.3) is 0 Å². The van der Waals surface area contributed by atoms with E-state index >= 15 is 0 Å². The van der Waals surface area contributed by atoms with Crippen LogP contribution in [0.4, 0.5) is 0 Å². The topological polar surface area (TPSA) is 37.4 Å². The maximum atomic E-state index is 11.9. The maximum Gasteiger partial charge on any atom is 0.233 e. The molecular formula is C14H23NO2. The monoisotopic (exact) mass is 237 g/mol. The Labute approximate surface area is 104 Å². The number of nitrogens with zero attached hydrogens (tertiary/aromatic N) is 1. The molecule has 2 amide bonds. The Morgan fingerprint density at radius 1 is 1.47 bits per heavy atom. The molecule has 17 heavy (non-hydrogen) atoms. The third-order valence-corrected chi connectivity index (χ3v) is 3.43. The molecule has 0 saturated carbocycles. The second-order valence-corrected chi connectivity index (χ2v) is 4.98. The second-order valence-electron chi connectivity index (χ2n) is 4.98. The lowest BCUT2D eigenvalue weighted by Crippen LogP contribution is -2.30. The summed E-state index contributed by atoms with van der Waals surface area (Å²) in [7, 11) is 0. The molecule has 2 unspecified atom stereocenters. The van der Waals surface area contributed by atoms with Gasteiger partial charge in [0, 0.05) is 13.0 Å². The van der Waals surface area contributed by atoms with Gasteiger partial charge in [0.15, 0.2) is 0 Å². The molecule has 1 fully saturated rings. The highest BCUT2D eigenvalue weighted by atomic mass is 16.2. The molecular weight excluding hydrogens is 214 g/mol. The second kappa shape index (κ2) is 5.99. The number of imide groups is 1. The zero-order valence-corrected chi connectivity index (χ0v) is 11.3.